The summed E-state index contributed by atoms with van der Waals surface area (Å²) in [5.41, 5.74) is 7.18. The Morgan fingerprint density at radius 1 is 1.30 bits per heavy atom. The van der Waals surface area contributed by atoms with Gasteiger partial charge in [0.1, 0.15) is 5.75 Å². The van der Waals surface area contributed by atoms with E-state index in [4.69, 9.17) is 10.5 Å². The van der Waals surface area contributed by atoms with Gasteiger partial charge in [-0.05, 0) is 39.0 Å². The van der Waals surface area contributed by atoms with Crippen LogP contribution >= 0.6 is 0 Å². The summed E-state index contributed by atoms with van der Waals surface area (Å²) in [6, 6.07) is 8.65. The van der Waals surface area contributed by atoms with Crippen molar-refractivity contribution < 1.29 is 4.74 Å². The predicted molar refractivity (Wildman–Crippen MR) is 83.0 cm³/mol. The van der Waals surface area contributed by atoms with Crippen LogP contribution in [0.2, 0.25) is 0 Å². The molecule has 4 heteroatoms. The summed E-state index contributed by atoms with van der Waals surface area (Å²) in [6.45, 7) is 5.41. The van der Waals surface area contributed by atoms with Crippen LogP contribution in [0.3, 0.4) is 0 Å². The zero-order valence-corrected chi connectivity index (χ0v) is 12.7. The number of likely N-dealkylation sites (N-methyl/N-ethyl adjacent to an activating group) is 1. The molecule has 0 aliphatic carbocycles. The molecule has 0 bridgehead atoms. The van der Waals surface area contributed by atoms with E-state index in [2.05, 4.69) is 29.0 Å². The van der Waals surface area contributed by atoms with Crippen LogP contribution < -0.4 is 10.5 Å². The third kappa shape index (κ3) is 4.47. The molecule has 1 aliphatic heterocycles. The Kier molecular flexibility index (Phi) is 5.83. The van der Waals surface area contributed by atoms with E-state index in [1.807, 2.05) is 12.1 Å². The highest BCUT2D eigenvalue weighted by Crippen LogP contribution is 2.18. The fourth-order valence-corrected chi connectivity index (χ4v) is 2.69. The molecule has 0 unspecified atom stereocenters. The maximum Gasteiger partial charge on any atom is 0.123 e. The lowest BCUT2D eigenvalue weighted by atomic mass is 10.1. The Labute approximate surface area is 122 Å². The molecule has 0 aromatic heterocycles. The van der Waals surface area contributed by atoms with E-state index >= 15 is 0 Å². The number of nitrogens with zero attached hydrogens (tertiary/aromatic N) is 2. The summed E-state index contributed by atoms with van der Waals surface area (Å²) in [5, 5.41) is 0. The predicted octanol–water partition coefficient (Wildman–Crippen LogP) is 1.55. The molecule has 0 spiro atoms. The standard InChI is InChI=1S/C16H27N3O/c1-18(11-12-19-9-7-15(17)8-10-19)13-14-5-3-4-6-16(14)20-2/h3-6,15H,7-13,17H2,1-2H3. The maximum absolute atomic E-state index is 5.94. The Morgan fingerprint density at radius 2 is 2.00 bits per heavy atom. The number of benzene rings is 1. The summed E-state index contributed by atoms with van der Waals surface area (Å²) in [5.74, 6) is 0.975. The molecule has 112 valence electrons. The van der Waals surface area contributed by atoms with Gasteiger partial charge in [0.2, 0.25) is 0 Å². The Balaban J connectivity index is 1.76. The van der Waals surface area contributed by atoms with Gasteiger partial charge >= 0.3 is 0 Å². The van der Waals surface area contributed by atoms with E-state index in [0.29, 0.717) is 6.04 Å². The Bertz CT molecular complexity index is 402. The number of hydrogen-bond donors (Lipinski definition) is 1. The van der Waals surface area contributed by atoms with Crippen LogP contribution in [0.25, 0.3) is 0 Å². The van der Waals surface area contributed by atoms with Crippen molar-refractivity contribution in [1.82, 2.24) is 9.80 Å². The number of methoxy groups -OCH3 is 1. The summed E-state index contributed by atoms with van der Waals surface area (Å²) >= 11 is 0. The van der Waals surface area contributed by atoms with Gasteiger partial charge in [-0.15, -0.1) is 0 Å². The molecule has 1 aromatic carbocycles. The number of piperidine rings is 1. The first-order chi connectivity index (χ1) is 9.69. The van der Waals surface area contributed by atoms with E-state index in [-0.39, 0.29) is 0 Å². The fraction of sp³-hybridized carbons (Fsp3) is 0.625. The average Bonchev–Trinajstić information content (AvgIpc) is 2.47. The van der Waals surface area contributed by atoms with Crippen molar-refractivity contribution in [1.29, 1.82) is 0 Å². The minimum Gasteiger partial charge on any atom is -0.496 e. The molecule has 20 heavy (non-hydrogen) atoms. The van der Waals surface area contributed by atoms with Gasteiger partial charge in [0.05, 0.1) is 7.11 Å². The summed E-state index contributed by atoms with van der Waals surface area (Å²) in [4.78, 5) is 4.87. The SMILES string of the molecule is COc1ccccc1CN(C)CCN1CCC(N)CC1. The van der Waals surface area contributed by atoms with Crippen LogP contribution in [0, 0.1) is 0 Å². The summed E-state index contributed by atoms with van der Waals surface area (Å²) < 4.78 is 5.40. The first kappa shape index (κ1) is 15.3. The van der Waals surface area contributed by atoms with Crippen LogP contribution in [0.5, 0.6) is 5.75 Å². The molecular formula is C16H27N3O. The molecule has 2 rings (SSSR count). The molecule has 0 radical (unpaired) electrons. The van der Waals surface area contributed by atoms with Crippen molar-refractivity contribution in [2.45, 2.75) is 25.4 Å². The monoisotopic (exact) mass is 277 g/mol. The largest absolute Gasteiger partial charge is 0.496 e. The lowest BCUT2D eigenvalue weighted by molar-refractivity contribution is 0.183. The van der Waals surface area contributed by atoms with Crippen LogP contribution in [-0.2, 0) is 6.54 Å². The maximum atomic E-state index is 5.94. The topological polar surface area (TPSA) is 41.7 Å². The van der Waals surface area contributed by atoms with Crippen molar-refractivity contribution in [3.63, 3.8) is 0 Å². The highest BCUT2D eigenvalue weighted by molar-refractivity contribution is 5.32. The second-order valence-electron chi connectivity index (χ2n) is 5.73. The van der Waals surface area contributed by atoms with Crippen LogP contribution in [0.4, 0.5) is 0 Å². The zero-order chi connectivity index (χ0) is 14.4. The van der Waals surface area contributed by atoms with Gasteiger partial charge in [-0.3, -0.25) is 0 Å². The second kappa shape index (κ2) is 7.62. The third-order valence-corrected chi connectivity index (χ3v) is 4.06. The van der Waals surface area contributed by atoms with Crippen molar-refractivity contribution in [3.8, 4) is 5.75 Å². The molecule has 1 aromatic rings. The zero-order valence-electron chi connectivity index (χ0n) is 12.7. The van der Waals surface area contributed by atoms with Crippen LogP contribution in [0.15, 0.2) is 24.3 Å². The molecule has 1 aliphatic rings. The lowest BCUT2D eigenvalue weighted by Crippen LogP contribution is -2.42. The molecule has 2 N–H and O–H groups in total. The Hall–Kier alpha value is -1.10. The quantitative estimate of drug-likeness (QED) is 0.856. The van der Waals surface area contributed by atoms with Crippen molar-refractivity contribution in [2.24, 2.45) is 5.73 Å². The first-order valence-electron chi connectivity index (χ1n) is 7.47. The van der Waals surface area contributed by atoms with Gasteiger partial charge in [0.25, 0.3) is 0 Å². The third-order valence-electron chi connectivity index (χ3n) is 4.06. The van der Waals surface area contributed by atoms with Crippen LogP contribution in [0.1, 0.15) is 18.4 Å². The van der Waals surface area contributed by atoms with E-state index in [1.54, 1.807) is 7.11 Å². The second-order valence-corrected chi connectivity index (χ2v) is 5.73. The molecule has 0 atom stereocenters. The molecule has 1 saturated heterocycles. The van der Waals surface area contributed by atoms with E-state index in [0.717, 1.165) is 51.3 Å². The van der Waals surface area contributed by atoms with Gasteiger partial charge in [0.15, 0.2) is 0 Å². The molecule has 0 amide bonds. The number of nitrogens with two attached hydrogens (primary N) is 1. The smallest absolute Gasteiger partial charge is 0.123 e. The van der Waals surface area contributed by atoms with Gasteiger partial charge in [-0.1, -0.05) is 18.2 Å². The van der Waals surface area contributed by atoms with Gasteiger partial charge < -0.3 is 20.3 Å². The molecule has 1 heterocycles. The van der Waals surface area contributed by atoms with Gasteiger partial charge in [0, 0.05) is 31.2 Å². The number of rotatable bonds is 6. The van der Waals surface area contributed by atoms with Gasteiger partial charge in [-0.25, -0.2) is 0 Å². The summed E-state index contributed by atoms with van der Waals surface area (Å²) in [7, 11) is 3.90. The molecule has 1 fully saturated rings. The van der Waals surface area contributed by atoms with E-state index in [1.165, 1.54) is 5.56 Å². The molecule has 4 nitrogen and oxygen atoms in total. The average molecular weight is 277 g/mol. The Morgan fingerprint density at radius 3 is 2.70 bits per heavy atom. The normalized spacial score (nSPS) is 17.6. The number of likely N-dealkylation sites (tertiary alicyclic amines) is 1. The van der Waals surface area contributed by atoms with E-state index in [9.17, 15) is 0 Å². The number of para-hydroxylation sites is 1. The van der Waals surface area contributed by atoms with Crippen LogP contribution in [-0.4, -0.2) is 56.2 Å². The number of ether oxygens (including phenoxy) is 1. The van der Waals surface area contributed by atoms with E-state index < -0.39 is 0 Å². The minimum absolute atomic E-state index is 0.414. The van der Waals surface area contributed by atoms with Crippen molar-refractivity contribution >= 4 is 0 Å². The fourth-order valence-electron chi connectivity index (χ4n) is 2.69. The van der Waals surface area contributed by atoms with Crippen molar-refractivity contribution in [3.05, 3.63) is 29.8 Å². The number of hydrogen-bond acceptors (Lipinski definition) is 4. The van der Waals surface area contributed by atoms with Crippen molar-refractivity contribution in [2.75, 3.05) is 40.3 Å². The lowest BCUT2D eigenvalue weighted by Gasteiger charge is -2.31. The van der Waals surface area contributed by atoms with Gasteiger partial charge in [-0.2, -0.15) is 0 Å². The summed E-state index contributed by atoms with van der Waals surface area (Å²) in [6.07, 6.45) is 2.27. The highest BCUT2D eigenvalue weighted by atomic mass is 16.5. The minimum atomic E-state index is 0.414. The highest BCUT2D eigenvalue weighted by Gasteiger charge is 2.16. The molecule has 0 saturated carbocycles. The molecular weight excluding hydrogens is 250 g/mol. The first-order valence-corrected chi connectivity index (χ1v) is 7.47.